The molecule has 1 heterocycles. The standard InChI is InChI=1S/C11H18N4/c1-8-14-10(12-2)6-11(15-8)13-7-9-4-3-5-9/h6,9H,3-5,7H2,1-2H3,(H2,12,13,14,15). The van der Waals surface area contributed by atoms with E-state index in [1.165, 1.54) is 19.3 Å². The van der Waals surface area contributed by atoms with Crippen molar-refractivity contribution in [3.05, 3.63) is 11.9 Å². The van der Waals surface area contributed by atoms with Crippen molar-refractivity contribution in [2.45, 2.75) is 26.2 Å². The fraction of sp³-hybridized carbons (Fsp3) is 0.636. The van der Waals surface area contributed by atoms with E-state index in [1.807, 2.05) is 20.0 Å². The first-order valence-corrected chi connectivity index (χ1v) is 5.55. The Bertz CT molecular complexity index is 333. The van der Waals surface area contributed by atoms with Gasteiger partial charge < -0.3 is 10.6 Å². The molecule has 2 N–H and O–H groups in total. The van der Waals surface area contributed by atoms with Gasteiger partial charge in [-0.05, 0) is 25.7 Å². The third-order valence-corrected chi connectivity index (χ3v) is 2.89. The number of anilines is 2. The molecule has 1 aliphatic rings. The van der Waals surface area contributed by atoms with Crippen LogP contribution in [0.2, 0.25) is 0 Å². The van der Waals surface area contributed by atoms with Crippen molar-refractivity contribution in [3.8, 4) is 0 Å². The highest BCUT2D eigenvalue weighted by Gasteiger charge is 2.16. The van der Waals surface area contributed by atoms with Gasteiger partial charge in [0.25, 0.3) is 0 Å². The highest BCUT2D eigenvalue weighted by molar-refractivity contribution is 5.47. The predicted octanol–water partition coefficient (Wildman–Crippen LogP) is 2.04. The van der Waals surface area contributed by atoms with E-state index in [2.05, 4.69) is 20.6 Å². The maximum absolute atomic E-state index is 4.35. The second-order valence-electron chi connectivity index (χ2n) is 4.11. The number of nitrogens with zero attached hydrogens (tertiary/aromatic N) is 2. The fourth-order valence-electron chi connectivity index (χ4n) is 1.73. The summed E-state index contributed by atoms with van der Waals surface area (Å²) >= 11 is 0. The Morgan fingerprint density at radius 3 is 2.67 bits per heavy atom. The Labute approximate surface area is 90.5 Å². The van der Waals surface area contributed by atoms with Gasteiger partial charge in [-0.1, -0.05) is 6.42 Å². The molecule has 15 heavy (non-hydrogen) atoms. The van der Waals surface area contributed by atoms with Gasteiger partial charge in [0.05, 0.1) is 0 Å². The molecule has 0 aromatic carbocycles. The SMILES string of the molecule is CNc1cc(NCC2CCC2)nc(C)n1. The lowest BCUT2D eigenvalue weighted by molar-refractivity contribution is 0.333. The monoisotopic (exact) mass is 206 g/mol. The maximum atomic E-state index is 4.35. The quantitative estimate of drug-likeness (QED) is 0.791. The van der Waals surface area contributed by atoms with Crippen molar-refractivity contribution in [1.29, 1.82) is 0 Å². The number of nitrogens with one attached hydrogen (secondary N) is 2. The van der Waals surface area contributed by atoms with Crippen molar-refractivity contribution in [1.82, 2.24) is 9.97 Å². The summed E-state index contributed by atoms with van der Waals surface area (Å²) in [6, 6.07) is 1.95. The topological polar surface area (TPSA) is 49.8 Å². The van der Waals surface area contributed by atoms with Crippen LogP contribution in [0.3, 0.4) is 0 Å². The first-order valence-electron chi connectivity index (χ1n) is 5.55. The van der Waals surface area contributed by atoms with Crippen LogP contribution in [0.5, 0.6) is 0 Å². The largest absolute Gasteiger partial charge is 0.373 e. The molecule has 4 nitrogen and oxygen atoms in total. The molecule has 1 aliphatic carbocycles. The molecule has 0 atom stereocenters. The van der Waals surface area contributed by atoms with Crippen LogP contribution in [-0.4, -0.2) is 23.6 Å². The molecule has 1 fully saturated rings. The summed E-state index contributed by atoms with van der Waals surface area (Å²) in [5, 5.41) is 6.40. The van der Waals surface area contributed by atoms with Gasteiger partial charge in [-0.3, -0.25) is 0 Å². The van der Waals surface area contributed by atoms with Crippen LogP contribution in [0.4, 0.5) is 11.6 Å². The lowest BCUT2D eigenvalue weighted by atomic mass is 9.85. The van der Waals surface area contributed by atoms with Crippen molar-refractivity contribution in [2.75, 3.05) is 24.2 Å². The molecule has 0 spiro atoms. The molecule has 1 saturated carbocycles. The Morgan fingerprint density at radius 2 is 2.07 bits per heavy atom. The van der Waals surface area contributed by atoms with Crippen molar-refractivity contribution >= 4 is 11.6 Å². The van der Waals surface area contributed by atoms with Crippen LogP contribution in [0.1, 0.15) is 25.1 Å². The molecular weight excluding hydrogens is 188 g/mol. The second-order valence-corrected chi connectivity index (χ2v) is 4.11. The minimum atomic E-state index is 0.804. The van der Waals surface area contributed by atoms with Crippen LogP contribution >= 0.6 is 0 Å². The number of aromatic nitrogens is 2. The van der Waals surface area contributed by atoms with Crippen LogP contribution < -0.4 is 10.6 Å². The summed E-state index contributed by atoms with van der Waals surface area (Å²) in [6.45, 7) is 2.95. The minimum Gasteiger partial charge on any atom is -0.373 e. The number of hydrogen-bond donors (Lipinski definition) is 2. The van der Waals surface area contributed by atoms with E-state index in [0.717, 1.165) is 29.9 Å². The molecule has 4 heteroatoms. The smallest absolute Gasteiger partial charge is 0.131 e. The molecule has 0 radical (unpaired) electrons. The Kier molecular flexibility index (Phi) is 3.04. The first kappa shape index (κ1) is 10.2. The minimum absolute atomic E-state index is 0.804. The second kappa shape index (κ2) is 4.47. The third kappa shape index (κ3) is 2.58. The van der Waals surface area contributed by atoms with E-state index in [4.69, 9.17) is 0 Å². The van der Waals surface area contributed by atoms with Gasteiger partial charge >= 0.3 is 0 Å². The number of aryl methyl sites for hydroxylation is 1. The van der Waals surface area contributed by atoms with Crippen LogP contribution in [0.25, 0.3) is 0 Å². The summed E-state index contributed by atoms with van der Waals surface area (Å²) in [7, 11) is 1.87. The summed E-state index contributed by atoms with van der Waals surface area (Å²) in [5.74, 6) is 3.45. The molecule has 0 bridgehead atoms. The average molecular weight is 206 g/mol. The van der Waals surface area contributed by atoms with Gasteiger partial charge in [-0.15, -0.1) is 0 Å². The van der Waals surface area contributed by atoms with E-state index < -0.39 is 0 Å². The van der Waals surface area contributed by atoms with Crippen molar-refractivity contribution < 1.29 is 0 Å². The fourth-order valence-corrected chi connectivity index (χ4v) is 1.73. The molecule has 0 aliphatic heterocycles. The Balaban J connectivity index is 1.96. The average Bonchev–Trinajstić information content (AvgIpc) is 2.14. The maximum Gasteiger partial charge on any atom is 0.131 e. The summed E-state index contributed by atoms with van der Waals surface area (Å²) in [6.07, 6.45) is 4.10. The van der Waals surface area contributed by atoms with E-state index in [0.29, 0.717) is 0 Å². The zero-order valence-electron chi connectivity index (χ0n) is 9.38. The lowest BCUT2D eigenvalue weighted by Gasteiger charge is -2.25. The molecule has 1 aromatic heterocycles. The van der Waals surface area contributed by atoms with Crippen molar-refractivity contribution in [2.24, 2.45) is 5.92 Å². The molecule has 2 rings (SSSR count). The van der Waals surface area contributed by atoms with Gasteiger partial charge in [-0.25, -0.2) is 9.97 Å². The van der Waals surface area contributed by atoms with Gasteiger partial charge in [0.2, 0.25) is 0 Å². The van der Waals surface area contributed by atoms with Crippen LogP contribution in [-0.2, 0) is 0 Å². The van der Waals surface area contributed by atoms with Gasteiger partial charge in [0.1, 0.15) is 17.5 Å². The van der Waals surface area contributed by atoms with E-state index in [9.17, 15) is 0 Å². The van der Waals surface area contributed by atoms with E-state index in [-0.39, 0.29) is 0 Å². The third-order valence-electron chi connectivity index (χ3n) is 2.89. The molecular formula is C11H18N4. The highest BCUT2D eigenvalue weighted by Crippen LogP contribution is 2.26. The summed E-state index contributed by atoms with van der Waals surface area (Å²) in [4.78, 5) is 8.60. The molecule has 0 unspecified atom stereocenters. The molecule has 0 amide bonds. The van der Waals surface area contributed by atoms with Crippen LogP contribution in [0.15, 0.2) is 6.07 Å². The van der Waals surface area contributed by atoms with Crippen LogP contribution in [0, 0.1) is 12.8 Å². The molecule has 82 valence electrons. The lowest BCUT2D eigenvalue weighted by Crippen LogP contribution is -2.21. The zero-order valence-corrected chi connectivity index (χ0v) is 9.38. The Morgan fingerprint density at radius 1 is 1.33 bits per heavy atom. The van der Waals surface area contributed by atoms with E-state index in [1.54, 1.807) is 0 Å². The number of rotatable bonds is 4. The summed E-state index contributed by atoms with van der Waals surface area (Å²) in [5.41, 5.74) is 0. The van der Waals surface area contributed by atoms with Crippen molar-refractivity contribution in [3.63, 3.8) is 0 Å². The van der Waals surface area contributed by atoms with Gasteiger partial charge in [-0.2, -0.15) is 0 Å². The van der Waals surface area contributed by atoms with Gasteiger partial charge in [0.15, 0.2) is 0 Å². The first-order chi connectivity index (χ1) is 7.28. The number of hydrogen-bond acceptors (Lipinski definition) is 4. The normalized spacial score (nSPS) is 15.9. The Hall–Kier alpha value is -1.32. The highest BCUT2D eigenvalue weighted by atomic mass is 15.1. The molecule has 0 saturated heterocycles. The van der Waals surface area contributed by atoms with E-state index >= 15 is 0 Å². The predicted molar refractivity (Wildman–Crippen MR) is 62.1 cm³/mol. The van der Waals surface area contributed by atoms with Gasteiger partial charge in [0, 0.05) is 19.7 Å². The molecule has 1 aromatic rings. The summed E-state index contributed by atoms with van der Waals surface area (Å²) < 4.78 is 0. The zero-order chi connectivity index (χ0) is 10.7.